The Morgan fingerprint density at radius 3 is 1.65 bits per heavy atom. The SMILES string of the molecule is COc1ccc(C(=C(/C=C(\C#Cc2ccccc2)c2ccccc2)CC[Se]c2ccccc2)c2ccc(OC)cc2)cc1. The van der Waals surface area contributed by atoms with Crippen LogP contribution in [0.15, 0.2) is 151 Å². The topological polar surface area (TPSA) is 18.5 Å². The summed E-state index contributed by atoms with van der Waals surface area (Å²) < 4.78 is 12.4. The Balaban J connectivity index is 1.69. The van der Waals surface area contributed by atoms with E-state index in [0.29, 0.717) is 15.0 Å². The van der Waals surface area contributed by atoms with Gasteiger partial charge in [-0.15, -0.1) is 0 Å². The Morgan fingerprint density at radius 1 is 0.605 bits per heavy atom. The first kappa shape index (κ1) is 29.7. The third kappa shape index (κ3) is 8.40. The Labute approximate surface area is 261 Å². The van der Waals surface area contributed by atoms with Crippen LogP contribution < -0.4 is 13.9 Å². The predicted octanol–water partition coefficient (Wildman–Crippen LogP) is 8.48. The van der Waals surface area contributed by atoms with E-state index in [-0.39, 0.29) is 0 Å². The monoisotopic (exact) mass is 626 g/mol. The molecule has 212 valence electrons. The van der Waals surface area contributed by atoms with Gasteiger partial charge in [0, 0.05) is 0 Å². The van der Waals surface area contributed by atoms with Gasteiger partial charge in [-0.25, -0.2) is 0 Å². The number of methoxy groups -OCH3 is 2. The summed E-state index contributed by atoms with van der Waals surface area (Å²) in [6.07, 6.45) is 3.21. The summed E-state index contributed by atoms with van der Waals surface area (Å²) in [5.74, 6) is 8.60. The molecule has 0 aliphatic rings. The average molecular weight is 626 g/mol. The number of allylic oxidation sites excluding steroid dienone is 3. The molecule has 5 aromatic rings. The summed E-state index contributed by atoms with van der Waals surface area (Å²) in [6.45, 7) is 0. The maximum absolute atomic E-state index is 5.50. The first-order valence-electron chi connectivity index (χ1n) is 14.3. The van der Waals surface area contributed by atoms with Crippen LogP contribution in [0, 0.1) is 11.8 Å². The molecule has 3 heteroatoms. The van der Waals surface area contributed by atoms with Gasteiger partial charge >= 0.3 is 263 Å². The van der Waals surface area contributed by atoms with Gasteiger partial charge in [-0.1, -0.05) is 0 Å². The molecule has 0 N–H and O–H groups in total. The zero-order chi connectivity index (χ0) is 29.7. The molecule has 0 spiro atoms. The van der Waals surface area contributed by atoms with Crippen LogP contribution in [-0.2, 0) is 0 Å². The van der Waals surface area contributed by atoms with Crippen LogP contribution in [0.2, 0.25) is 5.32 Å². The second-order valence-corrected chi connectivity index (χ2v) is 12.3. The van der Waals surface area contributed by atoms with Crippen LogP contribution in [0.4, 0.5) is 0 Å². The molecule has 0 aromatic heterocycles. The van der Waals surface area contributed by atoms with E-state index in [2.05, 4.69) is 109 Å². The first-order valence-corrected chi connectivity index (χ1v) is 16.3. The minimum absolute atomic E-state index is 0.341. The van der Waals surface area contributed by atoms with Crippen molar-refractivity contribution in [1.29, 1.82) is 0 Å². The molecule has 0 aliphatic carbocycles. The molecule has 0 saturated carbocycles. The van der Waals surface area contributed by atoms with Crippen LogP contribution in [0.25, 0.3) is 11.1 Å². The minimum atomic E-state index is 0.341. The molecule has 0 amide bonds. The van der Waals surface area contributed by atoms with Gasteiger partial charge in [0.2, 0.25) is 0 Å². The molecule has 0 radical (unpaired) electrons. The quantitative estimate of drug-likeness (QED) is 0.0881. The van der Waals surface area contributed by atoms with Crippen molar-refractivity contribution < 1.29 is 9.47 Å². The number of hydrogen-bond acceptors (Lipinski definition) is 2. The van der Waals surface area contributed by atoms with E-state index in [4.69, 9.17) is 9.47 Å². The van der Waals surface area contributed by atoms with Gasteiger partial charge in [0.1, 0.15) is 0 Å². The number of ether oxygens (including phenoxy) is 2. The van der Waals surface area contributed by atoms with E-state index in [9.17, 15) is 0 Å². The van der Waals surface area contributed by atoms with Crippen LogP contribution in [0.1, 0.15) is 28.7 Å². The van der Waals surface area contributed by atoms with E-state index in [1.54, 1.807) is 14.2 Å². The van der Waals surface area contributed by atoms with E-state index in [1.807, 2.05) is 48.5 Å². The Hall–Kier alpha value is -4.74. The molecule has 0 heterocycles. The van der Waals surface area contributed by atoms with Gasteiger partial charge in [-0.2, -0.15) is 0 Å². The molecule has 5 rings (SSSR count). The van der Waals surface area contributed by atoms with Crippen molar-refractivity contribution in [3.05, 3.63) is 173 Å². The zero-order valence-corrected chi connectivity index (χ0v) is 26.2. The summed E-state index contributed by atoms with van der Waals surface area (Å²) in [5, 5.41) is 1.06. The normalized spacial score (nSPS) is 10.8. The van der Waals surface area contributed by atoms with Gasteiger partial charge in [0.15, 0.2) is 0 Å². The van der Waals surface area contributed by atoms with Crippen LogP contribution in [0.3, 0.4) is 0 Å². The van der Waals surface area contributed by atoms with Gasteiger partial charge in [-0.05, 0) is 0 Å². The summed E-state index contributed by atoms with van der Waals surface area (Å²) >= 11 is 0.341. The fraction of sp³-hybridized carbons (Fsp3) is 0.100. The van der Waals surface area contributed by atoms with Crippen molar-refractivity contribution in [3.63, 3.8) is 0 Å². The summed E-state index contributed by atoms with van der Waals surface area (Å²) in [6, 6.07) is 48.1. The van der Waals surface area contributed by atoms with Crippen molar-refractivity contribution in [3.8, 4) is 23.3 Å². The molecule has 0 fully saturated rings. The number of benzene rings is 5. The summed E-state index contributed by atoms with van der Waals surface area (Å²) in [4.78, 5) is 0. The molecule has 0 unspecified atom stereocenters. The third-order valence-electron chi connectivity index (χ3n) is 6.98. The van der Waals surface area contributed by atoms with Gasteiger partial charge in [0.25, 0.3) is 0 Å². The number of hydrogen-bond donors (Lipinski definition) is 0. The van der Waals surface area contributed by atoms with E-state index >= 15 is 0 Å². The molecule has 2 nitrogen and oxygen atoms in total. The standard InChI is InChI=1S/C40H34O2Se/c1-41-37-24-20-33(21-25-37)40(34-22-26-38(42-2)27-23-34)36(28-29-43-39-16-10-5-11-17-39)30-35(32-14-8-4-9-15-32)19-18-31-12-6-3-7-13-31/h3-17,20-27,30H,28-29H2,1-2H3/b35-30+. The maximum atomic E-state index is 5.50. The summed E-state index contributed by atoms with van der Waals surface area (Å²) in [7, 11) is 3.40. The average Bonchev–Trinajstić information content (AvgIpc) is 3.08. The Bertz CT molecular complexity index is 1660. The molecular formula is C40H34O2Se. The van der Waals surface area contributed by atoms with Crippen molar-refractivity contribution >= 4 is 30.6 Å². The molecule has 5 aromatic carbocycles. The second-order valence-electron chi connectivity index (χ2n) is 9.81. The third-order valence-corrected chi connectivity index (χ3v) is 9.11. The zero-order valence-electron chi connectivity index (χ0n) is 24.5. The van der Waals surface area contributed by atoms with Gasteiger partial charge in [0.05, 0.1) is 0 Å². The van der Waals surface area contributed by atoms with Crippen molar-refractivity contribution in [2.75, 3.05) is 14.2 Å². The van der Waals surface area contributed by atoms with Crippen LogP contribution >= 0.6 is 0 Å². The molecule has 0 saturated heterocycles. The van der Waals surface area contributed by atoms with Crippen LogP contribution in [-0.4, -0.2) is 29.2 Å². The second kappa shape index (κ2) is 15.5. The fourth-order valence-electron chi connectivity index (χ4n) is 4.76. The van der Waals surface area contributed by atoms with Crippen LogP contribution in [0.5, 0.6) is 11.5 Å². The van der Waals surface area contributed by atoms with Crippen molar-refractivity contribution in [2.45, 2.75) is 11.7 Å². The molecule has 0 aliphatic heterocycles. The van der Waals surface area contributed by atoms with Gasteiger partial charge in [-0.3, -0.25) is 0 Å². The van der Waals surface area contributed by atoms with E-state index in [1.165, 1.54) is 15.6 Å². The molecule has 0 atom stereocenters. The van der Waals surface area contributed by atoms with Crippen molar-refractivity contribution in [2.24, 2.45) is 0 Å². The van der Waals surface area contributed by atoms with E-state index in [0.717, 1.165) is 51.1 Å². The van der Waals surface area contributed by atoms with Gasteiger partial charge < -0.3 is 0 Å². The first-order chi connectivity index (χ1) is 21.2. The summed E-state index contributed by atoms with van der Waals surface area (Å²) in [5.41, 5.74) is 7.78. The Morgan fingerprint density at radius 2 is 1.12 bits per heavy atom. The van der Waals surface area contributed by atoms with E-state index < -0.39 is 0 Å². The molecule has 0 bridgehead atoms. The molecule has 43 heavy (non-hydrogen) atoms. The Kier molecular flexibility index (Phi) is 10.7. The fourth-order valence-corrected chi connectivity index (χ4v) is 6.67. The van der Waals surface area contributed by atoms with Crippen molar-refractivity contribution in [1.82, 2.24) is 0 Å². The number of rotatable bonds is 10. The predicted molar refractivity (Wildman–Crippen MR) is 181 cm³/mol. The molecular weight excluding hydrogens is 591 g/mol.